The maximum absolute atomic E-state index is 11.8. The molecule has 0 spiro atoms. The fourth-order valence-corrected chi connectivity index (χ4v) is 1.88. The van der Waals surface area contributed by atoms with Crippen molar-refractivity contribution in [2.75, 3.05) is 13.6 Å². The normalized spacial score (nSPS) is 11.5. The SMILES string of the molecule is CN(Cc1ccsc1)C(=O)CNC(C)(C)C. The fraction of sp³-hybridized carbons (Fsp3) is 0.583. The molecule has 4 heteroatoms. The monoisotopic (exact) mass is 240 g/mol. The Balaban J connectivity index is 2.37. The number of nitrogens with zero attached hydrogens (tertiary/aromatic N) is 1. The maximum atomic E-state index is 11.8. The molecule has 0 aromatic carbocycles. The third-order valence-electron chi connectivity index (χ3n) is 2.20. The molecule has 0 saturated carbocycles. The van der Waals surface area contributed by atoms with Gasteiger partial charge in [-0.2, -0.15) is 11.3 Å². The number of hydrogen-bond donors (Lipinski definition) is 1. The standard InChI is InChI=1S/C12H20N2OS/c1-12(2,3)13-7-11(15)14(4)8-10-5-6-16-9-10/h5-6,9,13H,7-8H2,1-4H3. The molecule has 16 heavy (non-hydrogen) atoms. The van der Waals surface area contributed by atoms with E-state index in [1.165, 1.54) is 5.56 Å². The van der Waals surface area contributed by atoms with E-state index in [0.717, 1.165) is 0 Å². The Labute approximate surface area is 101 Å². The molecule has 1 heterocycles. The van der Waals surface area contributed by atoms with Crippen LogP contribution in [0.1, 0.15) is 26.3 Å². The molecule has 1 amide bonds. The van der Waals surface area contributed by atoms with Crippen molar-refractivity contribution in [3.05, 3.63) is 22.4 Å². The Morgan fingerprint density at radius 2 is 2.19 bits per heavy atom. The number of carbonyl (C=O) groups is 1. The number of carbonyl (C=O) groups excluding carboxylic acids is 1. The molecule has 1 aromatic rings. The van der Waals surface area contributed by atoms with Crippen LogP contribution in [0.5, 0.6) is 0 Å². The van der Waals surface area contributed by atoms with Gasteiger partial charge < -0.3 is 10.2 Å². The minimum absolute atomic E-state index is 0.0150. The summed E-state index contributed by atoms with van der Waals surface area (Å²) >= 11 is 1.66. The van der Waals surface area contributed by atoms with E-state index in [1.807, 2.05) is 18.5 Å². The molecule has 0 fully saturated rings. The zero-order chi connectivity index (χ0) is 12.2. The number of hydrogen-bond acceptors (Lipinski definition) is 3. The van der Waals surface area contributed by atoms with Gasteiger partial charge in [0.1, 0.15) is 0 Å². The van der Waals surface area contributed by atoms with Gasteiger partial charge in [0.15, 0.2) is 0 Å². The molecule has 0 bridgehead atoms. The summed E-state index contributed by atoms with van der Waals surface area (Å²) in [6.45, 7) is 7.25. The lowest BCUT2D eigenvalue weighted by Crippen LogP contribution is -2.43. The van der Waals surface area contributed by atoms with Crippen molar-refractivity contribution in [3.63, 3.8) is 0 Å². The van der Waals surface area contributed by atoms with Gasteiger partial charge >= 0.3 is 0 Å². The second-order valence-electron chi connectivity index (χ2n) is 4.98. The van der Waals surface area contributed by atoms with Crippen LogP contribution in [0.25, 0.3) is 0 Å². The van der Waals surface area contributed by atoms with E-state index in [9.17, 15) is 4.79 Å². The lowest BCUT2D eigenvalue weighted by Gasteiger charge is -2.23. The third kappa shape index (κ3) is 4.77. The van der Waals surface area contributed by atoms with Gasteiger partial charge in [0.2, 0.25) is 5.91 Å². The summed E-state index contributed by atoms with van der Waals surface area (Å²) in [6.07, 6.45) is 0. The largest absolute Gasteiger partial charge is 0.340 e. The Hall–Kier alpha value is -0.870. The highest BCUT2D eigenvalue weighted by atomic mass is 32.1. The summed E-state index contributed by atoms with van der Waals surface area (Å²) in [7, 11) is 1.84. The van der Waals surface area contributed by atoms with Gasteiger partial charge in [0, 0.05) is 19.1 Å². The van der Waals surface area contributed by atoms with Gasteiger partial charge in [-0.3, -0.25) is 4.79 Å². The molecule has 90 valence electrons. The number of nitrogens with one attached hydrogen (secondary N) is 1. The fourth-order valence-electron chi connectivity index (χ4n) is 1.22. The molecule has 0 aliphatic heterocycles. The highest BCUT2D eigenvalue weighted by Crippen LogP contribution is 2.08. The van der Waals surface area contributed by atoms with Crippen LogP contribution in [0, 0.1) is 0 Å². The first-order valence-electron chi connectivity index (χ1n) is 5.38. The van der Waals surface area contributed by atoms with Gasteiger partial charge in [-0.25, -0.2) is 0 Å². The van der Waals surface area contributed by atoms with E-state index >= 15 is 0 Å². The first-order valence-corrected chi connectivity index (χ1v) is 6.33. The first-order chi connectivity index (χ1) is 7.38. The van der Waals surface area contributed by atoms with Crippen LogP contribution in [-0.4, -0.2) is 29.9 Å². The lowest BCUT2D eigenvalue weighted by atomic mass is 10.1. The highest BCUT2D eigenvalue weighted by molar-refractivity contribution is 7.07. The highest BCUT2D eigenvalue weighted by Gasteiger charge is 2.14. The summed E-state index contributed by atoms with van der Waals surface area (Å²) in [6, 6.07) is 2.05. The van der Waals surface area contributed by atoms with Gasteiger partial charge in [-0.1, -0.05) is 0 Å². The van der Waals surface area contributed by atoms with Crippen LogP contribution in [0.15, 0.2) is 16.8 Å². The lowest BCUT2D eigenvalue weighted by molar-refractivity contribution is -0.129. The molecule has 0 atom stereocenters. The van der Waals surface area contributed by atoms with E-state index in [1.54, 1.807) is 16.2 Å². The van der Waals surface area contributed by atoms with Gasteiger partial charge in [-0.15, -0.1) is 0 Å². The van der Waals surface area contributed by atoms with Crippen LogP contribution < -0.4 is 5.32 Å². The molecule has 0 aliphatic rings. The van der Waals surface area contributed by atoms with Gasteiger partial charge in [-0.05, 0) is 43.2 Å². The average molecular weight is 240 g/mol. The summed E-state index contributed by atoms with van der Waals surface area (Å²) in [5, 5.41) is 7.29. The Morgan fingerprint density at radius 1 is 1.50 bits per heavy atom. The van der Waals surface area contributed by atoms with E-state index in [2.05, 4.69) is 31.5 Å². The zero-order valence-electron chi connectivity index (χ0n) is 10.4. The number of rotatable bonds is 4. The molecule has 1 rings (SSSR count). The number of likely N-dealkylation sites (N-methyl/N-ethyl adjacent to an activating group) is 1. The number of amides is 1. The first kappa shape index (κ1) is 13.2. The summed E-state index contributed by atoms with van der Waals surface area (Å²) in [5.41, 5.74) is 1.18. The molecular formula is C12H20N2OS. The smallest absolute Gasteiger partial charge is 0.236 e. The van der Waals surface area contributed by atoms with Crippen LogP contribution in [0.2, 0.25) is 0 Å². The predicted molar refractivity (Wildman–Crippen MR) is 68.5 cm³/mol. The Kier molecular flexibility index (Phi) is 4.50. The minimum Gasteiger partial charge on any atom is -0.340 e. The summed E-state index contributed by atoms with van der Waals surface area (Å²) in [5.74, 6) is 0.126. The van der Waals surface area contributed by atoms with Crippen molar-refractivity contribution in [3.8, 4) is 0 Å². The maximum Gasteiger partial charge on any atom is 0.236 e. The van der Waals surface area contributed by atoms with Crippen molar-refractivity contribution in [2.24, 2.45) is 0 Å². The van der Waals surface area contributed by atoms with E-state index in [0.29, 0.717) is 13.1 Å². The summed E-state index contributed by atoms with van der Waals surface area (Å²) in [4.78, 5) is 13.5. The van der Waals surface area contributed by atoms with Crippen molar-refractivity contribution in [1.29, 1.82) is 0 Å². The van der Waals surface area contributed by atoms with Crippen molar-refractivity contribution < 1.29 is 4.79 Å². The molecule has 0 saturated heterocycles. The number of thiophene rings is 1. The van der Waals surface area contributed by atoms with Crippen LogP contribution in [-0.2, 0) is 11.3 Å². The molecule has 0 unspecified atom stereocenters. The van der Waals surface area contributed by atoms with Gasteiger partial charge in [0.05, 0.1) is 6.54 Å². The quantitative estimate of drug-likeness (QED) is 0.874. The summed E-state index contributed by atoms with van der Waals surface area (Å²) < 4.78 is 0. The second kappa shape index (κ2) is 5.46. The van der Waals surface area contributed by atoms with Crippen LogP contribution in [0.3, 0.4) is 0 Å². The molecule has 3 nitrogen and oxygen atoms in total. The van der Waals surface area contributed by atoms with Crippen molar-refractivity contribution in [2.45, 2.75) is 32.9 Å². The van der Waals surface area contributed by atoms with Crippen molar-refractivity contribution >= 4 is 17.2 Å². The topological polar surface area (TPSA) is 32.3 Å². The van der Waals surface area contributed by atoms with Gasteiger partial charge in [0.25, 0.3) is 0 Å². The molecule has 0 radical (unpaired) electrons. The van der Waals surface area contributed by atoms with Crippen molar-refractivity contribution in [1.82, 2.24) is 10.2 Å². The molecule has 0 aliphatic carbocycles. The third-order valence-corrected chi connectivity index (χ3v) is 2.93. The minimum atomic E-state index is -0.0150. The average Bonchev–Trinajstić information content (AvgIpc) is 2.65. The van der Waals surface area contributed by atoms with E-state index in [-0.39, 0.29) is 11.4 Å². The van der Waals surface area contributed by atoms with E-state index < -0.39 is 0 Å². The zero-order valence-corrected chi connectivity index (χ0v) is 11.2. The van der Waals surface area contributed by atoms with E-state index in [4.69, 9.17) is 0 Å². The molecule has 1 aromatic heterocycles. The van der Waals surface area contributed by atoms with Crippen LogP contribution >= 0.6 is 11.3 Å². The van der Waals surface area contributed by atoms with Crippen LogP contribution in [0.4, 0.5) is 0 Å². The molecular weight excluding hydrogens is 220 g/mol. The Morgan fingerprint density at radius 3 is 2.69 bits per heavy atom. The Bertz CT molecular complexity index is 327. The predicted octanol–water partition coefficient (Wildman–Crippen LogP) is 2.09. The molecule has 1 N–H and O–H groups in total. The second-order valence-corrected chi connectivity index (χ2v) is 5.76.